The van der Waals surface area contributed by atoms with E-state index in [0.717, 1.165) is 30.6 Å². The SMILES string of the molecule is CN1CCCC(c2ccc(N)cc2)C1=O. The summed E-state index contributed by atoms with van der Waals surface area (Å²) < 4.78 is 0. The van der Waals surface area contributed by atoms with Crippen molar-refractivity contribution in [3.63, 3.8) is 0 Å². The van der Waals surface area contributed by atoms with Crippen LogP contribution < -0.4 is 5.73 Å². The number of amides is 1. The molecule has 2 N–H and O–H groups in total. The number of likely N-dealkylation sites (tertiary alicyclic amines) is 1. The van der Waals surface area contributed by atoms with Gasteiger partial charge in [0.15, 0.2) is 0 Å². The van der Waals surface area contributed by atoms with Gasteiger partial charge in [0, 0.05) is 19.3 Å². The maximum absolute atomic E-state index is 11.9. The van der Waals surface area contributed by atoms with E-state index < -0.39 is 0 Å². The number of hydrogen-bond donors (Lipinski definition) is 1. The lowest BCUT2D eigenvalue weighted by atomic mass is 9.90. The minimum absolute atomic E-state index is 0.0318. The molecule has 1 aliphatic rings. The highest BCUT2D eigenvalue weighted by Gasteiger charge is 2.27. The van der Waals surface area contributed by atoms with E-state index in [1.807, 2.05) is 36.2 Å². The number of likely N-dealkylation sites (N-methyl/N-ethyl adjacent to an activating group) is 1. The Morgan fingerprint density at radius 3 is 2.67 bits per heavy atom. The van der Waals surface area contributed by atoms with Crippen molar-refractivity contribution >= 4 is 11.6 Å². The molecule has 3 heteroatoms. The molecule has 15 heavy (non-hydrogen) atoms. The Morgan fingerprint density at radius 1 is 1.33 bits per heavy atom. The lowest BCUT2D eigenvalue weighted by molar-refractivity contribution is -0.133. The molecular formula is C12H16N2O. The zero-order chi connectivity index (χ0) is 10.8. The van der Waals surface area contributed by atoms with E-state index >= 15 is 0 Å². The zero-order valence-corrected chi connectivity index (χ0v) is 8.94. The molecule has 2 rings (SSSR count). The van der Waals surface area contributed by atoms with Crippen LogP contribution in [0.4, 0.5) is 5.69 Å². The highest BCUT2D eigenvalue weighted by atomic mass is 16.2. The van der Waals surface area contributed by atoms with Crippen molar-refractivity contribution in [2.24, 2.45) is 0 Å². The summed E-state index contributed by atoms with van der Waals surface area (Å²) in [5.41, 5.74) is 7.45. The molecule has 1 saturated heterocycles. The number of anilines is 1. The van der Waals surface area contributed by atoms with Crippen molar-refractivity contribution < 1.29 is 4.79 Å². The second kappa shape index (κ2) is 3.93. The summed E-state index contributed by atoms with van der Waals surface area (Å²) in [4.78, 5) is 13.7. The van der Waals surface area contributed by atoms with Crippen LogP contribution in [-0.4, -0.2) is 24.4 Å². The van der Waals surface area contributed by atoms with Crippen molar-refractivity contribution in [1.82, 2.24) is 4.90 Å². The Balaban J connectivity index is 2.22. The van der Waals surface area contributed by atoms with E-state index in [0.29, 0.717) is 0 Å². The zero-order valence-electron chi connectivity index (χ0n) is 8.94. The van der Waals surface area contributed by atoms with Gasteiger partial charge in [-0.2, -0.15) is 0 Å². The van der Waals surface area contributed by atoms with Crippen LogP contribution in [0.15, 0.2) is 24.3 Å². The molecule has 1 atom stereocenters. The minimum Gasteiger partial charge on any atom is -0.399 e. The molecule has 3 nitrogen and oxygen atoms in total. The molecule has 80 valence electrons. The van der Waals surface area contributed by atoms with Crippen LogP contribution in [0.5, 0.6) is 0 Å². The molecule has 0 aliphatic carbocycles. The van der Waals surface area contributed by atoms with Crippen LogP contribution in [-0.2, 0) is 4.79 Å². The highest BCUT2D eigenvalue weighted by Crippen LogP contribution is 2.27. The van der Waals surface area contributed by atoms with Crippen LogP contribution >= 0.6 is 0 Å². The third-order valence-corrected chi connectivity index (χ3v) is 3.00. The molecule has 0 aromatic heterocycles. The predicted molar refractivity (Wildman–Crippen MR) is 60.5 cm³/mol. The number of carbonyl (C=O) groups is 1. The van der Waals surface area contributed by atoms with Crippen molar-refractivity contribution in [2.45, 2.75) is 18.8 Å². The van der Waals surface area contributed by atoms with Gasteiger partial charge in [-0.3, -0.25) is 4.79 Å². The fourth-order valence-electron chi connectivity index (χ4n) is 2.07. The molecule has 0 spiro atoms. The summed E-state index contributed by atoms with van der Waals surface area (Å²) in [5, 5.41) is 0. The second-order valence-corrected chi connectivity index (χ2v) is 4.12. The van der Waals surface area contributed by atoms with Gasteiger partial charge in [-0.15, -0.1) is 0 Å². The van der Waals surface area contributed by atoms with Crippen molar-refractivity contribution in [2.75, 3.05) is 19.3 Å². The highest BCUT2D eigenvalue weighted by molar-refractivity contribution is 5.84. The van der Waals surface area contributed by atoms with Gasteiger partial charge >= 0.3 is 0 Å². The summed E-state index contributed by atoms with van der Waals surface area (Å²) in [5.74, 6) is 0.260. The molecule has 1 unspecified atom stereocenters. The number of nitrogens with two attached hydrogens (primary N) is 1. The fourth-order valence-corrected chi connectivity index (χ4v) is 2.07. The first-order valence-corrected chi connectivity index (χ1v) is 5.29. The number of nitrogen functional groups attached to an aromatic ring is 1. The Labute approximate surface area is 89.9 Å². The first kappa shape index (κ1) is 10.0. The van der Waals surface area contributed by atoms with Crippen LogP contribution in [0.2, 0.25) is 0 Å². The van der Waals surface area contributed by atoms with Crippen molar-refractivity contribution in [3.05, 3.63) is 29.8 Å². The average Bonchev–Trinajstić information content (AvgIpc) is 2.24. The van der Waals surface area contributed by atoms with Crippen molar-refractivity contribution in [3.8, 4) is 0 Å². The van der Waals surface area contributed by atoms with Gasteiger partial charge in [0.05, 0.1) is 5.92 Å². The molecule has 1 aromatic carbocycles. The van der Waals surface area contributed by atoms with E-state index in [4.69, 9.17) is 5.73 Å². The summed E-state index contributed by atoms with van der Waals surface area (Å²) >= 11 is 0. The largest absolute Gasteiger partial charge is 0.399 e. The summed E-state index contributed by atoms with van der Waals surface area (Å²) in [6.07, 6.45) is 2.03. The summed E-state index contributed by atoms with van der Waals surface area (Å²) in [6.45, 7) is 0.879. The number of carbonyl (C=O) groups excluding carboxylic acids is 1. The Morgan fingerprint density at radius 2 is 2.00 bits per heavy atom. The molecule has 1 aromatic rings. The molecule has 1 aliphatic heterocycles. The summed E-state index contributed by atoms with van der Waals surface area (Å²) in [7, 11) is 1.87. The molecular weight excluding hydrogens is 188 g/mol. The molecule has 0 radical (unpaired) electrons. The first-order chi connectivity index (χ1) is 7.18. The van der Waals surface area contributed by atoms with Crippen LogP contribution in [0, 0.1) is 0 Å². The van der Waals surface area contributed by atoms with Gasteiger partial charge in [-0.25, -0.2) is 0 Å². The Kier molecular flexibility index (Phi) is 2.62. The molecule has 1 fully saturated rings. The molecule has 1 amide bonds. The third kappa shape index (κ3) is 1.96. The number of piperidine rings is 1. The van der Waals surface area contributed by atoms with Crippen LogP contribution in [0.25, 0.3) is 0 Å². The van der Waals surface area contributed by atoms with E-state index in [1.54, 1.807) is 0 Å². The van der Waals surface area contributed by atoms with E-state index in [-0.39, 0.29) is 11.8 Å². The van der Waals surface area contributed by atoms with Gasteiger partial charge < -0.3 is 10.6 Å². The predicted octanol–water partition coefficient (Wildman–Crippen LogP) is 1.60. The van der Waals surface area contributed by atoms with Gasteiger partial charge in [0.25, 0.3) is 0 Å². The normalized spacial score (nSPS) is 21.8. The molecule has 0 bridgehead atoms. The Bertz CT molecular complexity index is 358. The second-order valence-electron chi connectivity index (χ2n) is 4.12. The first-order valence-electron chi connectivity index (χ1n) is 5.29. The lowest BCUT2D eigenvalue weighted by Gasteiger charge is -2.29. The average molecular weight is 204 g/mol. The maximum Gasteiger partial charge on any atom is 0.229 e. The fraction of sp³-hybridized carbons (Fsp3) is 0.417. The smallest absolute Gasteiger partial charge is 0.229 e. The van der Waals surface area contributed by atoms with E-state index in [2.05, 4.69) is 0 Å². The monoisotopic (exact) mass is 204 g/mol. The van der Waals surface area contributed by atoms with E-state index in [9.17, 15) is 4.79 Å². The molecule has 1 heterocycles. The van der Waals surface area contributed by atoms with Gasteiger partial charge in [0.2, 0.25) is 5.91 Å². The number of benzene rings is 1. The van der Waals surface area contributed by atoms with Crippen molar-refractivity contribution in [1.29, 1.82) is 0 Å². The van der Waals surface area contributed by atoms with Crippen LogP contribution in [0.1, 0.15) is 24.3 Å². The standard InChI is InChI=1S/C12H16N2O/c1-14-8-2-3-11(12(14)15)9-4-6-10(13)7-5-9/h4-7,11H,2-3,8,13H2,1H3. The van der Waals surface area contributed by atoms with Gasteiger partial charge in [-0.1, -0.05) is 12.1 Å². The van der Waals surface area contributed by atoms with Crippen LogP contribution in [0.3, 0.4) is 0 Å². The molecule has 0 saturated carbocycles. The van der Waals surface area contributed by atoms with Gasteiger partial charge in [-0.05, 0) is 30.5 Å². The van der Waals surface area contributed by atoms with E-state index in [1.165, 1.54) is 0 Å². The topological polar surface area (TPSA) is 46.3 Å². The maximum atomic E-state index is 11.9. The third-order valence-electron chi connectivity index (χ3n) is 3.00. The van der Waals surface area contributed by atoms with Gasteiger partial charge in [0.1, 0.15) is 0 Å². The Hall–Kier alpha value is -1.51. The number of rotatable bonds is 1. The number of hydrogen-bond acceptors (Lipinski definition) is 2. The minimum atomic E-state index is 0.0318. The summed E-state index contributed by atoms with van der Waals surface area (Å²) in [6, 6.07) is 7.63. The number of nitrogens with zero attached hydrogens (tertiary/aromatic N) is 1. The quantitative estimate of drug-likeness (QED) is 0.706. The lowest BCUT2D eigenvalue weighted by Crippen LogP contribution is -2.36.